The molecule has 146 valence electrons. The normalized spacial score (nSPS) is 19.8. The van der Waals surface area contributed by atoms with Gasteiger partial charge in [0.2, 0.25) is 0 Å². The third kappa shape index (κ3) is 6.95. The molecular weight excluding hydrogens is 441 g/mol. The van der Waals surface area contributed by atoms with Gasteiger partial charge < -0.3 is 20.1 Å². The topological polar surface area (TPSA) is 54.9 Å². The Kier molecular flexibility index (Phi) is 8.98. The zero-order valence-corrected chi connectivity index (χ0v) is 18.3. The molecule has 1 aliphatic heterocycles. The number of aryl methyl sites for hydroxylation is 1. The summed E-state index contributed by atoms with van der Waals surface area (Å²) in [6, 6.07) is 6.37. The van der Waals surface area contributed by atoms with Gasteiger partial charge in [-0.1, -0.05) is 12.1 Å². The standard InChI is InChI=1S/C20H31N3O2.HI/c1-3-21-20(22-11-16-5-6-16)23-12-18-7-4-15(2)10-19(18)25-14-17-8-9-24-13-17;/h4,7,10,16-17H,3,5-6,8-9,11-14H2,1-2H3,(H2,21,22,23);1H. The van der Waals surface area contributed by atoms with E-state index in [-0.39, 0.29) is 24.0 Å². The van der Waals surface area contributed by atoms with E-state index < -0.39 is 0 Å². The minimum absolute atomic E-state index is 0. The number of hydrogen-bond donors (Lipinski definition) is 2. The third-order valence-electron chi connectivity index (χ3n) is 4.73. The first-order valence-corrected chi connectivity index (χ1v) is 9.57. The Balaban J connectivity index is 0.00000243. The highest BCUT2D eigenvalue weighted by Gasteiger charge is 2.21. The number of benzene rings is 1. The Morgan fingerprint density at radius 1 is 1.23 bits per heavy atom. The second kappa shape index (κ2) is 11.0. The maximum absolute atomic E-state index is 6.11. The molecule has 5 nitrogen and oxygen atoms in total. The molecule has 1 heterocycles. The van der Waals surface area contributed by atoms with Crippen molar-refractivity contribution >= 4 is 29.9 Å². The Morgan fingerprint density at radius 3 is 2.77 bits per heavy atom. The predicted octanol–water partition coefficient (Wildman–Crippen LogP) is 3.49. The lowest BCUT2D eigenvalue weighted by Crippen LogP contribution is -2.38. The van der Waals surface area contributed by atoms with Crippen molar-refractivity contribution in [3.63, 3.8) is 0 Å². The van der Waals surface area contributed by atoms with Crippen LogP contribution in [0.15, 0.2) is 23.2 Å². The first-order valence-electron chi connectivity index (χ1n) is 9.57. The molecule has 2 fully saturated rings. The smallest absolute Gasteiger partial charge is 0.191 e. The summed E-state index contributed by atoms with van der Waals surface area (Å²) < 4.78 is 11.6. The Labute approximate surface area is 174 Å². The highest BCUT2D eigenvalue weighted by molar-refractivity contribution is 14.0. The van der Waals surface area contributed by atoms with E-state index in [0.717, 1.165) is 62.5 Å². The molecule has 0 radical (unpaired) electrons. The van der Waals surface area contributed by atoms with E-state index in [1.165, 1.54) is 18.4 Å². The second-order valence-electron chi connectivity index (χ2n) is 7.17. The lowest BCUT2D eigenvalue weighted by molar-refractivity contribution is 0.166. The third-order valence-corrected chi connectivity index (χ3v) is 4.73. The molecule has 1 aromatic rings. The molecule has 0 spiro atoms. The van der Waals surface area contributed by atoms with E-state index in [0.29, 0.717) is 12.5 Å². The number of rotatable bonds is 8. The highest BCUT2D eigenvalue weighted by Crippen LogP contribution is 2.27. The van der Waals surface area contributed by atoms with Gasteiger partial charge in [0.1, 0.15) is 5.75 Å². The lowest BCUT2D eigenvalue weighted by Gasteiger charge is -2.15. The molecule has 1 aliphatic carbocycles. The van der Waals surface area contributed by atoms with E-state index in [4.69, 9.17) is 14.5 Å². The van der Waals surface area contributed by atoms with Crippen molar-refractivity contribution in [1.82, 2.24) is 10.6 Å². The zero-order chi connectivity index (χ0) is 17.5. The summed E-state index contributed by atoms with van der Waals surface area (Å²) in [6.07, 6.45) is 3.77. The van der Waals surface area contributed by atoms with Gasteiger partial charge in [-0.05, 0) is 50.7 Å². The number of aliphatic imine (C=N–C) groups is 1. The summed E-state index contributed by atoms with van der Waals surface area (Å²) in [5, 5.41) is 6.77. The number of nitrogens with zero attached hydrogens (tertiary/aromatic N) is 1. The van der Waals surface area contributed by atoms with Crippen LogP contribution in [-0.2, 0) is 11.3 Å². The van der Waals surface area contributed by atoms with Gasteiger partial charge in [-0.15, -0.1) is 24.0 Å². The number of guanidine groups is 1. The van der Waals surface area contributed by atoms with Gasteiger partial charge in [0.05, 0.1) is 19.8 Å². The summed E-state index contributed by atoms with van der Waals surface area (Å²) in [5.41, 5.74) is 2.34. The van der Waals surface area contributed by atoms with Crippen LogP contribution in [0.5, 0.6) is 5.75 Å². The van der Waals surface area contributed by atoms with Crippen molar-refractivity contribution in [2.24, 2.45) is 16.8 Å². The highest BCUT2D eigenvalue weighted by atomic mass is 127. The van der Waals surface area contributed by atoms with Gasteiger partial charge in [-0.3, -0.25) is 0 Å². The number of ether oxygens (including phenoxy) is 2. The van der Waals surface area contributed by atoms with Crippen LogP contribution in [0.25, 0.3) is 0 Å². The summed E-state index contributed by atoms with van der Waals surface area (Å²) in [7, 11) is 0. The molecule has 2 aliphatic rings. The fourth-order valence-electron chi connectivity index (χ4n) is 2.92. The van der Waals surface area contributed by atoms with E-state index in [2.05, 4.69) is 42.7 Å². The first kappa shape index (κ1) is 21.3. The number of halogens is 1. The maximum atomic E-state index is 6.11. The summed E-state index contributed by atoms with van der Waals surface area (Å²) in [4.78, 5) is 4.74. The second-order valence-corrected chi connectivity index (χ2v) is 7.17. The van der Waals surface area contributed by atoms with E-state index >= 15 is 0 Å². The summed E-state index contributed by atoms with van der Waals surface area (Å²) in [5.74, 6) is 3.18. The molecule has 0 bridgehead atoms. The monoisotopic (exact) mass is 473 g/mol. The van der Waals surface area contributed by atoms with E-state index in [1.54, 1.807) is 0 Å². The first-order chi connectivity index (χ1) is 12.2. The molecule has 26 heavy (non-hydrogen) atoms. The molecule has 1 unspecified atom stereocenters. The lowest BCUT2D eigenvalue weighted by atomic mass is 10.1. The minimum atomic E-state index is 0. The maximum Gasteiger partial charge on any atom is 0.191 e. The van der Waals surface area contributed by atoms with Crippen molar-refractivity contribution in [3.05, 3.63) is 29.3 Å². The van der Waals surface area contributed by atoms with E-state index in [1.807, 2.05) is 0 Å². The summed E-state index contributed by atoms with van der Waals surface area (Å²) in [6.45, 7) is 9.10. The molecule has 2 N–H and O–H groups in total. The Hall–Kier alpha value is -1.02. The van der Waals surface area contributed by atoms with Crippen molar-refractivity contribution < 1.29 is 9.47 Å². The zero-order valence-electron chi connectivity index (χ0n) is 15.9. The molecule has 0 amide bonds. The van der Waals surface area contributed by atoms with Crippen LogP contribution in [0.2, 0.25) is 0 Å². The average Bonchev–Trinajstić information content (AvgIpc) is 3.29. The average molecular weight is 473 g/mol. The Bertz CT molecular complexity index is 584. The number of nitrogens with one attached hydrogen (secondary N) is 2. The van der Waals surface area contributed by atoms with Crippen molar-refractivity contribution in [2.75, 3.05) is 32.9 Å². The SMILES string of the molecule is CCNC(=NCc1ccc(C)cc1OCC1CCOC1)NCC1CC1.I. The molecule has 6 heteroatoms. The van der Waals surface area contributed by atoms with Crippen LogP contribution in [-0.4, -0.2) is 38.9 Å². The van der Waals surface area contributed by atoms with Gasteiger partial charge in [0.25, 0.3) is 0 Å². The van der Waals surface area contributed by atoms with Crippen LogP contribution >= 0.6 is 24.0 Å². The predicted molar refractivity (Wildman–Crippen MR) is 117 cm³/mol. The summed E-state index contributed by atoms with van der Waals surface area (Å²) >= 11 is 0. The molecule has 1 aromatic carbocycles. The molecule has 0 aromatic heterocycles. The van der Waals surface area contributed by atoms with Crippen molar-refractivity contribution in [1.29, 1.82) is 0 Å². The van der Waals surface area contributed by atoms with Crippen LogP contribution in [0.4, 0.5) is 0 Å². The fraction of sp³-hybridized carbons (Fsp3) is 0.650. The van der Waals surface area contributed by atoms with Gasteiger partial charge >= 0.3 is 0 Å². The number of hydrogen-bond acceptors (Lipinski definition) is 3. The van der Waals surface area contributed by atoms with Gasteiger partial charge in [-0.2, -0.15) is 0 Å². The molecular formula is C20H32IN3O2. The Morgan fingerprint density at radius 2 is 2.08 bits per heavy atom. The van der Waals surface area contributed by atoms with Crippen molar-refractivity contribution in [2.45, 2.75) is 39.7 Å². The minimum Gasteiger partial charge on any atom is -0.493 e. The molecule has 1 saturated heterocycles. The quantitative estimate of drug-likeness (QED) is 0.345. The van der Waals surface area contributed by atoms with Crippen LogP contribution in [0, 0.1) is 18.8 Å². The van der Waals surface area contributed by atoms with Crippen molar-refractivity contribution in [3.8, 4) is 5.75 Å². The molecule has 3 rings (SSSR count). The van der Waals surface area contributed by atoms with Gasteiger partial charge in [0, 0.05) is 31.2 Å². The molecule has 1 saturated carbocycles. The van der Waals surface area contributed by atoms with Crippen LogP contribution in [0.3, 0.4) is 0 Å². The van der Waals surface area contributed by atoms with Gasteiger partial charge in [0.15, 0.2) is 5.96 Å². The van der Waals surface area contributed by atoms with Crippen LogP contribution in [0.1, 0.15) is 37.3 Å². The largest absolute Gasteiger partial charge is 0.493 e. The fourth-order valence-corrected chi connectivity index (χ4v) is 2.92. The molecule has 1 atom stereocenters. The van der Waals surface area contributed by atoms with E-state index in [9.17, 15) is 0 Å². The van der Waals surface area contributed by atoms with Crippen LogP contribution < -0.4 is 15.4 Å². The van der Waals surface area contributed by atoms with Gasteiger partial charge in [-0.25, -0.2) is 4.99 Å².